The largest absolute Gasteiger partial charge is 0.472 e. The Morgan fingerprint density at radius 2 is 0.983 bits per heavy atom. The zero-order valence-electron chi connectivity index (χ0n) is 36.7. The van der Waals surface area contributed by atoms with E-state index in [-0.39, 0.29) is 13.0 Å². The van der Waals surface area contributed by atoms with Crippen LogP contribution in [0.1, 0.15) is 181 Å². The summed E-state index contributed by atoms with van der Waals surface area (Å²) in [6, 6.07) is 0. The normalized spacial score (nSPS) is 14.6. The van der Waals surface area contributed by atoms with Gasteiger partial charge in [-0.3, -0.25) is 13.8 Å². The summed E-state index contributed by atoms with van der Waals surface area (Å²) >= 11 is 0. The molecule has 0 aromatic carbocycles. The van der Waals surface area contributed by atoms with Crippen LogP contribution in [0.5, 0.6) is 0 Å². The molecule has 3 atom stereocenters. The Balaban J connectivity index is 4.25. The Kier molecular flexibility index (Phi) is 42.8. The first kappa shape index (κ1) is 55.9. The molecule has 0 radical (unpaired) electrons. The zero-order chi connectivity index (χ0) is 42.5. The Morgan fingerprint density at radius 3 is 1.45 bits per heavy atom. The summed E-state index contributed by atoms with van der Waals surface area (Å²) in [6.45, 7) is 3.35. The van der Waals surface area contributed by atoms with Gasteiger partial charge in [-0.25, -0.2) is 4.57 Å². The summed E-state index contributed by atoms with van der Waals surface area (Å²) in [4.78, 5) is 22.6. The van der Waals surface area contributed by atoms with Gasteiger partial charge >= 0.3 is 13.8 Å². The first-order valence-electron chi connectivity index (χ1n) is 22.9. The van der Waals surface area contributed by atoms with Crippen LogP contribution in [-0.2, 0) is 27.9 Å². The lowest BCUT2D eigenvalue weighted by atomic mass is 10.0. The second-order valence-electron chi connectivity index (χ2n) is 15.0. The molecule has 0 bridgehead atoms. The topological polar surface area (TPSA) is 132 Å². The first-order chi connectivity index (χ1) is 28.3. The fourth-order valence-corrected chi connectivity index (χ4v) is 6.74. The van der Waals surface area contributed by atoms with Gasteiger partial charge in [0.1, 0.15) is 12.2 Å². The predicted octanol–water partition coefficient (Wildman–Crippen LogP) is 12.9. The second-order valence-corrected chi connectivity index (χ2v) is 16.5. The number of rotatable bonds is 43. The lowest BCUT2D eigenvalue weighted by Gasteiger charge is -2.20. The molecule has 0 heterocycles. The summed E-state index contributed by atoms with van der Waals surface area (Å²) in [5.74, 6) is -0.424. The molecule has 0 aliphatic rings. The van der Waals surface area contributed by atoms with Gasteiger partial charge in [0.25, 0.3) is 0 Å². The molecule has 0 fully saturated rings. The molecule has 0 saturated heterocycles. The van der Waals surface area contributed by atoms with Crippen molar-refractivity contribution in [2.45, 2.75) is 193 Å². The summed E-state index contributed by atoms with van der Waals surface area (Å²) < 4.78 is 33.4. The first-order valence-corrected chi connectivity index (χ1v) is 24.4. The van der Waals surface area contributed by atoms with Crippen LogP contribution in [-0.4, -0.2) is 66.3 Å². The van der Waals surface area contributed by atoms with Crippen LogP contribution in [0.25, 0.3) is 0 Å². The monoisotopic (exact) mass is 837 g/mol. The maximum Gasteiger partial charge on any atom is 0.472 e. The molecule has 0 aromatic rings. The molecule has 0 amide bonds. The van der Waals surface area contributed by atoms with Crippen LogP contribution in [0.15, 0.2) is 72.9 Å². The fourth-order valence-electron chi connectivity index (χ4n) is 5.95. The van der Waals surface area contributed by atoms with Gasteiger partial charge in [0.2, 0.25) is 0 Å². The molecule has 9 nitrogen and oxygen atoms in total. The van der Waals surface area contributed by atoms with E-state index in [1.165, 1.54) is 83.5 Å². The smallest absolute Gasteiger partial charge is 0.457 e. The fraction of sp³-hybridized carbons (Fsp3) is 0.729. The number of aliphatic hydroxyl groups is 2. The quantitative estimate of drug-likeness (QED) is 0.0238. The molecule has 0 aromatic heterocycles. The van der Waals surface area contributed by atoms with Gasteiger partial charge in [-0.1, -0.05) is 183 Å². The maximum absolute atomic E-state index is 12.6. The number of unbranched alkanes of at least 4 members (excludes halogenated alkanes) is 17. The Labute approximate surface area is 354 Å². The van der Waals surface area contributed by atoms with Crippen molar-refractivity contribution in [3.05, 3.63) is 72.9 Å². The van der Waals surface area contributed by atoms with Crippen molar-refractivity contribution in [2.75, 3.05) is 33.0 Å². The van der Waals surface area contributed by atoms with Crippen LogP contribution in [0.3, 0.4) is 0 Å². The van der Waals surface area contributed by atoms with Crippen molar-refractivity contribution >= 4 is 13.8 Å². The minimum absolute atomic E-state index is 0.0300. The number of aliphatic hydroxyl groups excluding tert-OH is 2. The van der Waals surface area contributed by atoms with Gasteiger partial charge < -0.3 is 24.6 Å². The van der Waals surface area contributed by atoms with E-state index < -0.39 is 45.8 Å². The summed E-state index contributed by atoms with van der Waals surface area (Å²) in [5.41, 5.74) is 0. The van der Waals surface area contributed by atoms with Crippen LogP contribution in [0.4, 0.5) is 0 Å². The molecule has 10 heteroatoms. The number of carbonyl (C=O) groups excluding carboxylic acids is 1. The van der Waals surface area contributed by atoms with E-state index in [0.29, 0.717) is 13.0 Å². The van der Waals surface area contributed by atoms with Crippen molar-refractivity contribution in [1.29, 1.82) is 0 Å². The number of hydrogen-bond donors (Lipinski definition) is 3. The zero-order valence-corrected chi connectivity index (χ0v) is 37.6. The number of phosphoric acid groups is 1. The van der Waals surface area contributed by atoms with Crippen molar-refractivity contribution in [3.8, 4) is 0 Å². The third-order valence-electron chi connectivity index (χ3n) is 9.41. The highest BCUT2D eigenvalue weighted by Gasteiger charge is 2.26. The van der Waals surface area contributed by atoms with Crippen LogP contribution >= 0.6 is 7.82 Å². The van der Waals surface area contributed by atoms with E-state index in [9.17, 15) is 19.4 Å². The number of esters is 1. The minimum atomic E-state index is -4.53. The van der Waals surface area contributed by atoms with Gasteiger partial charge in [-0.05, 0) is 64.2 Å². The third kappa shape index (κ3) is 43.5. The van der Waals surface area contributed by atoms with Crippen LogP contribution < -0.4 is 0 Å². The number of allylic oxidation sites excluding steroid dienone is 12. The molecular weight excluding hydrogens is 751 g/mol. The van der Waals surface area contributed by atoms with Crippen molar-refractivity contribution in [2.24, 2.45) is 0 Å². The van der Waals surface area contributed by atoms with Crippen molar-refractivity contribution in [3.63, 3.8) is 0 Å². The van der Waals surface area contributed by atoms with E-state index in [2.05, 4.69) is 86.8 Å². The molecule has 3 unspecified atom stereocenters. The average Bonchev–Trinajstić information content (AvgIpc) is 3.21. The van der Waals surface area contributed by atoms with Gasteiger partial charge in [0, 0.05) is 13.0 Å². The molecule has 336 valence electrons. The van der Waals surface area contributed by atoms with E-state index in [1.54, 1.807) is 0 Å². The number of phosphoric ester groups is 1. The SMILES string of the molecule is CC/C=C\C/C=C\C/C=C\C/C=C\C/C=C\C/C=C\CCCCC(=O)OC(COCCCCCCCCCCCCCCCCCC)COP(=O)(O)OCC(O)CO. The molecular formula is C48H85O9P. The Bertz CT molecular complexity index is 1130. The summed E-state index contributed by atoms with van der Waals surface area (Å²) in [6.07, 6.45) is 52.9. The highest BCUT2D eigenvalue weighted by atomic mass is 31.2. The standard InChI is InChI=1S/C48H85O9P/c1-3-5-7-9-11-13-15-17-19-21-22-23-24-25-26-28-30-32-34-36-38-40-48(51)57-47(45-56-58(52,53)55-43-46(50)42-49)44-54-41-39-37-35-33-31-29-27-20-18-16-14-12-10-8-6-4-2/h5,7,11,13,17,19,22-23,25-26,30,32,46-47,49-50H,3-4,6,8-10,12,14-16,18,20-21,24,27-29,31,33-45H2,1-2H3,(H,52,53)/b7-5-,13-11-,19-17-,23-22-,26-25-,32-30-. The highest BCUT2D eigenvalue weighted by Crippen LogP contribution is 2.43. The van der Waals surface area contributed by atoms with E-state index >= 15 is 0 Å². The summed E-state index contributed by atoms with van der Waals surface area (Å²) in [5, 5.41) is 18.4. The minimum Gasteiger partial charge on any atom is -0.457 e. The Morgan fingerprint density at radius 1 is 0.552 bits per heavy atom. The summed E-state index contributed by atoms with van der Waals surface area (Å²) in [7, 11) is -4.53. The molecule has 0 aliphatic carbocycles. The Hall–Kier alpha value is -2.10. The van der Waals surface area contributed by atoms with Gasteiger partial charge in [0.15, 0.2) is 0 Å². The highest BCUT2D eigenvalue weighted by molar-refractivity contribution is 7.47. The van der Waals surface area contributed by atoms with Crippen molar-refractivity contribution in [1.82, 2.24) is 0 Å². The van der Waals surface area contributed by atoms with Gasteiger partial charge in [-0.15, -0.1) is 0 Å². The molecule has 58 heavy (non-hydrogen) atoms. The number of hydrogen-bond acceptors (Lipinski definition) is 8. The average molecular weight is 837 g/mol. The predicted molar refractivity (Wildman–Crippen MR) is 242 cm³/mol. The molecule has 0 aliphatic heterocycles. The van der Waals surface area contributed by atoms with E-state index in [0.717, 1.165) is 70.6 Å². The molecule has 3 N–H and O–H groups in total. The second kappa shape index (κ2) is 44.5. The third-order valence-corrected chi connectivity index (χ3v) is 10.4. The molecule has 0 saturated carbocycles. The van der Waals surface area contributed by atoms with E-state index in [1.807, 2.05) is 0 Å². The van der Waals surface area contributed by atoms with Crippen LogP contribution in [0.2, 0.25) is 0 Å². The lowest BCUT2D eigenvalue weighted by molar-refractivity contribution is -0.154. The maximum atomic E-state index is 12.6. The number of ether oxygens (including phenoxy) is 2. The lowest BCUT2D eigenvalue weighted by Crippen LogP contribution is -2.29. The van der Waals surface area contributed by atoms with Gasteiger partial charge in [0.05, 0.1) is 26.4 Å². The van der Waals surface area contributed by atoms with Crippen LogP contribution in [0, 0.1) is 0 Å². The van der Waals surface area contributed by atoms with Gasteiger partial charge in [-0.2, -0.15) is 0 Å². The van der Waals surface area contributed by atoms with Crippen molar-refractivity contribution < 1.29 is 43.0 Å². The number of carbonyl (C=O) groups is 1. The molecule has 0 rings (SSSR count). The molecule has 0 spiro atoms. The van der Waals surface area contributed by atoms with E-state index in [4.69, 9.17) is 23.6 Å².